The van der Waals surface area contributed by atoms with Crippen LogP contribution in [0.1, 0.15) is 66.8 Å². The first-order valence-corrected chi connectivity index (χ1v) is 29.0. The molecule has 1 aliphatic heterocycles. The highest BCUT2D eigenvalue weighted by Crippen LogP contribution is 2.68. The van der Waals surface area contributed by atoms with Crippen molar-refractivity contribution in [2.45, 2.75) is 16.2 Å². The van der Waals surface area contributed by atoms with Crippen LogP contribution in [0.25, 0.3) is 33.4 Å². The van der Waals surface area contributed by atoms with Gasteiger partial charge in [-0.15, -0.1) is 0 Å². The number of hydrogen-bond acceptors (Lipinski definition) is 2. The highest BCUT2D eigenvalue weighted by molar-refractivity contribution is 6.07. The number of hydrogen-bond donors (Lipinski definition) is 0. The van der Waals surface area contributed by atoms with E-state index in [1.54, 1.807) is 0 Å². The van der Waals surface area contributed by atoms with Crippen molar-refractivity contribution < 1.29 is 0 Å². The molecule has 0 atom stereocenters. The molecule has 2 nitrogen and oxygen atoms in total. The van der Waals surface area contributed by atoms with Gasteiger partial charge < -0.3 is 9.80 Å². The van der Waals surface area contributed by atoms with Crippen molar-refractivity contribution in [3.8, 4) is 33.4 Å². The summed E-state index contributed by atoms with van der Waals surface area (Å²) in [6.07, 6.45) is 0. The zero-order chi connectivity index (χ0) is 54.7. The Morgan fingerprint density at radius 2 is 0.470 bits per heavy atom. The minimum Gasteiger partial charge on any atom is -0.310 e. The molecule has 0 aromatic heterocycles. The first kappa shape index (κ1) is 47.3. The molecule has 0 radical (unpaired) electrons. The molecule has 388 valence electrons. The Bertz CT molecular complexity index is 4370. The Hall–Kier alpha value is -10.5. The number of nitrogens with zero attached hydrogens (tertiary/aromatic N) is 2. The normalized spacial score (nSPS) is 14.5. The second kappa shape index (κ2) is 18.2. The van der Waals surface area contributed by atoms with E-state index in [1.807, 2.05) is 0 Å². The van der Waals surface area contributed by atoms with Gasteiger partial charge in [0.15, 0.2) is 0 Å². The predicted octanol–water partition coefficient (Wildman–Crippen LogP) is 20.0. The van der Waals surface area contributed by atoms with Gasteiger partial charge in [0, 0.05) is 22.4 Å². The summed E-state index contributed by atoms with van der Waals surface area (Å²) in [4.78, 5) is 5.16. The summed E-state index contributed by atoms with van der Waals surface area (Å²) in [7, 11) is 0. The number of para-hydroxylation sites is 3. The summed E-state index contributed by atoms with van der Waals surface area (Å²) in [5.41, 5.74) is 27.4. The molecule has 0 amide bonds. The molecule has 4 aliphatic rings. The average Bonchev–Trinajstić information content (AvgIpc) is 1.67. The molecule has 1 heterocycles. The van der Waals surface area contributed by atoms with E-state index in [0.29, 0.717) is 0 Å². The van der Waals surface area contributed by atoms with E-state index < -0.39 is 16.2 Å². The summed E-state index contributed by atoms with van der Waals surface area (Å²) in [5.74, 6) is 0. The van der Waals surface area contributed by atoms with Crippen LogP contribution in [0.2, 0.25) is 0 Å². The monoisotopic (exact) mass is 1050 g/mol. The fourth-order valence-corrected chi connectivity index (χ4v) is 15.9. The molecule has 17 rings (SSSR count). The highest BCUT2D eigenvalue weighted by Gasteiger charge is 2.54. The molecule has 0 saturated heterocycles. The molecule has 0 unspecified atom stereocenters. The Morgan fingerprint density at radius 3 is 0.831 bits per heavy atom. The van der Waals surface area contributed by atoms with Gasteiger partial charge in [-0.25, -0.2) is 0 Å². The summed E-state index contributed by atoms with van der Waals surface area (Å²) in [6.45, 7) is 0. The molecule has 0 fully saturated rings. The topological polar surface area (TPSA) is 6.48 Å². The van der Waals surface area contributed by atoms with E-state index in [4.69, 9.17) is 0 Å². The zero-order valence-corrected chi connectivity index (χ0v) is 45.6. The van der Waals surface area contributed by atoms with E-state index in [-0.39, 0.29) is 0 Å². The van der Waals surface area contributed by atoms with Gasteiger partial charge in [-0.2, -0.15) is 0 Å². The van der Waals surface area contributed by atoms with Gasteiger partial charge in [0.2, 0.25) is 0 Å². The van der Waals surface area contributed by atoms with Crippen LogP contribution in [0.5, 0.6) is 0 Å². The van der Waals surface area contributed by atoms with Crippen molar-refractivity contribution in [2.75, 3.05) is 9.80 Å². The zero-order valence-electron chi connectivity index (χ0n) is 45.6. The molecule has 0 bridgehead atoms. The van der Waals surface area contributed by atoms with Crippen molar-refractivity contribution in [1.82, 2.24) is 0 Å². The Morgan fingerprint density at radius 1 is 0.205 bits per heavy atom. The maximum atomic E-state index is 2.69. The highest BCUT2D eigenvalue weighted by atomic mass is 15.2. The van der Waals surface area contributed by atoms with Gasteiger partial charge in [-0.05, 0) is 126 Å². The second-order valence-corrected chi connectivity index (χ2v) is 22.5. The lowest BCUT2D eigenvalue weighted by Crippen LogP contribution is -2.36. The summed E-state index contributed by atoms with van der Waals surface area (Å²) < 4.78 is 0. The molecule has 2 heteroatoms. The molecule has 13 aromatic carbocycles. The largest absolute Gasteiger partial charge is 0.310 e. The number of fused-ring (bicyclic) bond motifs is 15. The minimum absolute atomic E-state index is 0.618. The smallest absolute Gasteiger partial charge is 0.0755 e. The molecule has 0 N–H and O–H groups in total. The molecule has 0 saturated carbocycles. The van der Waals surface area contributed by atoms with Crippen LogP contribution < -0.4 is 9.80 Å². The van der Waals surface area contributed by atoms with Gasteiger partial charge in [0.05, 0.1) is 44.7 Å². The maximum Gasteiger partial charge on any atom is 0.0755 e. The molecule has 83 heavy (non-hydrogen) atoms. The Balaban J connectivity index is 1.02. The summed E-state index contributed by atoms with van der Waals surface area (Å²) >= 11 is 0. The molecule has 3 aliphatic carbocycles. The van der Waals surface area contributed by atoms with Gasteiger partial charge in [0.25, 0.3) is 0 Å². The fourth-order valence-electron chi connectivity index (χ4n) is 15.9. The Labute approximate surface area is 485 Å². The van der Waals surface area contributed by atoms with Crippen LogP contribution >= 0.6 is 0 Å². The van der Waals surface area contributed by atoms with Crippen LogP contribution in [0, 0.1) is 0 Å². The van der Waals surface area contributed by atoms with E-state index in [2.05, 4.69) is 337 Å². The minimum atomic E-state index is -0.673. The van der Waals surface area contributed by atoms with Crippen LogP contribution in [-0.4, -0.2) is 0 Å². The summed E-state index contributed by atoms with van der Waals surface area (Å²) in [6, 6.07) is 123. The lowest BCUT2D eigenvalue weighted by molar-refractivity contribution is 0.752. The summed E-state index contributed by atoms with van der Waals surface area (Å²) in [5, 5.41) is 0. The van der Waals surface area contributed by atoms with Gasteiger partial charge in [-0.3, -0.25) is 0 Å². The molecule has 13 aromatic rings. The third-order valence-electron chi connectivity index (χ3n) is 18.8. The van der Waals surface area contributed by atoms with Crippen molar-refractivity contribution in [2.24, 2.45) is 0 Å². The van der Waals surface area contributed by atoms with Gasteiger partial charge >= 0.3 is 0 Å². The lowest BCUT2D eigenvalue weighted by atomic mass is 9.64. The third kappa shape index (κ3) is 6.27. The Kier molecular flexibility index (Phi) is 10.4. The number of anilines is 6. The van der Waals surface area contributed by atoms with Gasteiger partial charge in [0.1, 0.15) is 0 Å². The fraction of sp³-hybridized carbons (Fsp3) is 0.0370. The molecular weight excluding hydrogens is 1000 g/mol. The van der Waals surface area contributed by atoms with E-state index in [1.165, 1.54) is 112 Å². The van der Waals surface area contributed by atoms with Crippen molar-refractivity contribution in [1.29, 1.82) is 0 Å². The number of rotatable bonds is 8. The van der Waals surface area contributed by atoms with Crippen molar-refractivity contribution in [3.05, 3.63) is 394 Å². The van der Waals surface area contributed by atoms with Crippen LogP contribution in [0.15, 0.2) is 328 Å². The van der Waals surface area contributed by atoms with Crippen LogP contribution in [0.3, 0.4) is 0 Å². The quantitative estimate of drug-likeness (QED) is 0.150. The standard InChI is InChI=1S/C81H54N2/c1-6-29-55(30-7-1)79(56-31-8-2-9-32-56)63-42-19-16-39-60(63)76-68(79)47-26-52-73(76)83(74-53-27-48-69-77(74)61-40-17-20-43-64(61)80(69,57-33-10-3-11-34-57)58-35-12-4-13-36-58)75-54-28-49-70-78(75)62-41-18-21-44-65(62)81(70)66-45-22-24-50-71(66)82(59-37-14-5-15-38-59)72-51-25-23-46-67(72)81/h1-54H. The van der Waals surface area contributed by atoms with Crippen LogP contribution in [-0.2, 0) is 16.2 Å². The first-order chi connectivity index (χ1) is 41.2. The third-order valence-corrected chi connectivity index (χ3v) is 18.8. The molecule has 1 spiro atoms. The number of benzene rings is 13. The van der Waals surface area contributed by atoms with Crippen molar-refractivity contribution in [3.63, 3.8) is 0 Å². The average molecular weight is 1060 g/mol. The maximum absolute atomic E-state index is 2.69. The van der Waals surface area contributed by atoms with E-state index in [9.17, 15) is 0 Å². The first-order valence-electron chi connectivity index (χ1n) is 29.0. The van der Waals surface area contributed by atoms with Gasteiger partial charge in [-0.1, -0.05) is 285 Å². The van der Waals surface area contributed by atoms with E-state index in [0.717, 1.165) is 22.7 Å². The van der Waals surface area contributed by atoms with Crippen LogP contribution in [0.4, 0.5) is 34.1 Å². The van der Waals surface area contributed by atoms with Crippen molar-refractivity contribution >= 4 is 34.1 Å². The SMILES string of the molecule is c1ccc(N2c3ccccc3C3(c4ccccc4-c4c(N(c5cccc6c5-c5ccccc5C6(c5ccccc5)c5ccccc5)c5cccc6c5-c5ccccc5C6(c5ccccc5)c5ccccc5)cccc43)c3ccccc32)cc1. The second-order valence-electron chi connectivity index (χ2n) is 22.5. The van der Waals surface area contributed by atoms with E-state index >= 15 is 0 Å². The lowest BCUT2D eigenvalue weighted by Gasteiger charge is -2.45. The predicted molar refractivity (Wildman–Crippen MR) is 341 cm³/mol. The molecular formula is C81H54N2.